The molecule has 0 unspecified atom stereocenters. The van der Waals surface area contributed by atoms with Gasteiger partial charge in [-0.2, -0.15) is 0 Å². The van der Waals surface area contributed by atoms with Gasteiger partial charge in [-0.25, -0.2) is 14.8 Å². The standard InChI is InChI=1S/C12H13N3O2S/c1-3-17-12(16)9-7(2)18-11(15-9)8-5-4-6-14-10(8)13/h4-6H,3H2,1-2H3,(H2,13,14). The van der Waals surface area contributed by atoms with E-state index in [-0.39, 0.29) is 0 Å². The van der Waals surface area contributed by atoms with E-state index in [1.54, 1.807) is 19.2 Å². The van der Waals surface area contributed by atoms with Gasteiger partial charge >= 0.3 is 5.97 Å². The van der Waals surface area contributed by atoms with Crippen LogP contribution in [0.5, 0.6) is 0 Å². The van der Waals surface area contributed by atoms with Gasteiger partial charge in [-0.15, -0.1) is 11.3 Å². The van der Waals surface area contributed by atoms with Crippen molar-refractivity contribution < 1.29 is 9.53 Å². The zero-order valence-corrected chi connectivity index (χ0v) is 11.0. The number of ether oxygens (including phenoxy) is 1. The minimum Gasteiger partial charge on any atom is -0.461 e. The van der Waals surface area contributed by atoms with Gasteiger partial charge in [-0.3, -0.25) is 0 Å². The third-order valence-electron chi connectivity index (χ3n) is 2.33. The first-order chi connectivity index (χ1) is 8.63. The molecule has 0 aromatic carbocycles. The van der Waals surface area contributed by atoms with Gasteiger partial charge in [0.25, 0.3) is 0 Å². The number of aromatic nitrogens is 2. The molecule has 0 saturated carbocycles. The molecule has 0 amide bonds. The van der Waals surface area contributed by atoms with Gasteiger partial charge in [-0.1, -0.05) is 0 Å². The molecule has 2 N–H and O–H groups in total. The van der Waals surface area contributed by atoms with Crippen molar-refractivity contribution >= 4 is 23.1 Å². The molecular weight excluding hydrogens is 250 g/mol. The summed E-state index contributed by atoms with van der Waals surface area (Å²) in [5.74, 6) is 0.00150. The molecule has 0 bridgehead atoms. The molecule has 0 aliphatic heterocycles. The van der Waals surface area contributed by atoms with Crippen LogP contribution in [0, 0.1) is 6.92 Å². The molecule has 0 aliphatic rings. The number of nitrogens with zero attached hydrogens (tertiary/aromatic N) is 2. The van der Waals surface area contributed by atoms with E-state index in [0.717, 1.165) is 10.4 Å². The smallest absolute Gasteiger partial charge is 0.358 e. The van der Waals surface area contributed by atoms with Gasteiger partial charge in [0, 0.05) is 11.1 Å². The third-order valence-corrected chi connectivity index (χ3v) is 3.34. The van der Waals surface area contributed by atoms with Crippen LogP contribution in [0.25, 0.3) is 10.6 Å². The van der Waals surface area contributed by atoms with E-state index < -0.39 is 5.97 Å². The molecule has 0 saturated heterocycles. The number of hydrogen-bond donors (Lipinski definition) is 1. The number of rotatable bonds is 3. The van der Waals surface area contributed by atoms with Crippen LogP contribution in [0.2, 0.25) is 0 Å². The number of carbonyl (C=O) groups excluding carboxylic acids is 1. The molecular formula is C12H13N3O2S. The maximum absolute atomic E-state index is 11.7. The van der Waals surface area contributed by atoms with Gasteiger partial charge in [0.2, 0.25) is 0 Å². The number of esters is 1. The van der Waals surface area contributed by atoms with Crippen LogP contribution in [0.3, 0.4) is 0 Å². The summed E-state index contributed by atoms with van der Waals surface area (Å²) in [6.45, 7) is 3.93. The highest BCUT2D eigenvalue weighted by molar-refractivity contribution is 7.15. The van der Waals surface area contributed by atoms with E-state index in [4.69, 9.17) is 10.5 Å². The van der Waals surface area contributed by atoms with E-state index in [1.807, 2.05) is 13.0 Å². The molecule has 0 spiro atoms. The van der Waals surface area contributed by atoms with Crippen molar-refractivity contribution in [1.82, 2.24) is 9.97 Å². The maximum atomic E-state index is 11.7. The van der Waals surface area contributed by atoms with Gasteiger partial charge in [0.05, 0.1) is 12.2 Å². The molecule has 0 aliphatic carbocycles. The summed E-state index contributed by atoms with van der Waals surface area (Å²) in [5.41, 5.74) is 6.87. The molecule has 6 heteroatoms. The molecule has 2 heterocycles. The molecule has 18 heavy (non-hydrogen) atoms. The van der Waals surface area contributed by atoms with E-state index in [2.05, 4.69) is 9.97 Å². The quantitative estimate of drug-likeness (QED) is 0.859. The Kier molecular flexibility index (Phi) is 3.57. The van der Waals surface area contributed by atoms with Crippen LogP contribution in [-0.4, -0.2) is 22.5 Å². The molecule has 0 fully saturated rings. The SMILES string of the molecule is CCOC(=O)c1nc(-c2cccnc2N)sc1C. The van der Waals surface area contributed by atoms with Crippen molar-refractivity contribution in [3.8, 4) is 10.6 Å². The normalized spacial score (nSPS) is 10.3. The van der Waals surface area contributed by atoms with E-state index >= 15 is 0 Å². The lowest BCUT2D eigenvalue weighted by molar-refractivity contribution is 0.0519. The average molecular weight is 263 g/mol. The summed E-state index contributed by atoms with van der Waals surface area (Å²) in [7, 11) is 0. The fraction of sp³-hybridized carbons (Fsp3) is 0.250. The molecule has 2 aromatic rings. The van der Waals surface area contributed by atoms with Crippen molar-refractivity contribution in [1.29, 1.82) is 0 Å². The highest BCUT2D eigenvalue weighted by atomic mass is 32.1. The molecule has 94 valence electrons. The topological polar surface area (TPSA) is 78.1 Å². The van der Waals surface area contributed by atoms with Crippen LogP contribution in [0.15, 0.2) is 18.3 Å². The minimum atomic E-state index is -0.403. The zero-order valence-electron chi connectivity index (χ0n) is 10.1. The Hall–Kier alpha value is -1.95. The Morgan fingerprint density at radius 1 is 1.56 bits per heavy atom. The van der Waals surface area contributed by atoms with Crippen molar-refractivity contribution in [2.75, 3.05) is 12.3 Å². The van der Waals surface area contributed by atoms with Crippen molar-refractivity contribution in [3.63, 3.8) is 0 Å². The molecule has 0 atom stereocenters. The van der Waals surface area contributed by atoms with Crippen LogP contribution in [0.4, 0.5) is 5.82 Å². The second-order valence-electron chi connectivity index (χ2n) is 3.58. The second kappa shape index (κ2) is 5.14. The summed E-state index contributed by atoms with van der Waals surface area (Å²) < 4.78 is 4.95. The molecule has 2 aromatic heterocycles. The lowest BCUT2D eigenvalue weighted by Crippen LogP contribution is -2.06. The third kappa shape index (κ3) is 2.33. The first-order valence-electron chi connectivity index (χ1n) is 5.49. The van der Waals surface area contributed by atoms with E-state index in [9.17, 15) is 4.79 Å². The van der Waals surface area contributed by atoms with Crippen LogP contribution >= 0.6 is 11.3 Å². The predicted molar refractivity (Wildman–Crippen MR) is 70.5 cm³/mol. The summed E-state index contributed by atoms with van der Waals surface area (Å²) in [6, 6.07) is 3.61. The fourth-order valence-corrected chi connectivity index (χ4v) is 2.43. The van der Waals surface area contributed by atoms with Gasteiger partial charge in [0.15, 0.2) is 5.69 Å². The van der Waals surface area contributed by atoms with Gasteiger partial charge in [-0.05, 0) is 26.0 Å². The monoisotopic (exact) mass is 263 g/mol. The summed E-state index contributed by atoms with van der Waals surface area (Å²) in [6.07, 6.45) is 1.62. The predicted octanol–water partition coefficient (Wildman–Crippen LogP) is 2.27. The highest BCUT2D eigenvalue weighted by Crippen LogP contribution is 2.30. The van der Waals surface area contributed by atoms with Crippen LogP contribution < -0.4 is 5.73 Å². The summed E-state index contributed by atoms with van der Waals surface area (Å²) in [5, 5.41) is 0.682. The maximum Gasteiger partial charge on any atom is 0.358 e. The summed E-state index contributed by atoms with van der Waals surface area (Å²) >= 11 is 1.40. The van der Waals surface area contributed by atoms with Gasteiger partial charge in [0.1, 0.15) is 10.8 Å². The number of aryl methyl sites for hydroxylation is 1. The van der Waals surface area contributed by atoms with Crippen molar-refractivity contribution in [2.24, 2.45) is 0 Å². The number of carbonyl (C=O) groups is 1. The Morgan fingerprint density at radius 2 is 2.33 bits per heavy atom. The minimum absolute atomic E-state index is 0.333. The van der Waals surface area contributed by atoms with E-state index in [1.165, 1.54) is 11.3 Å². The number of thiazole rings is 1. The lowest BCUT2D eigenvalue weighted by atomic mass is 10.2. The molecule has 5 nitrogen and oxygen atoms in total. The number of pyridine rings is 1. The lowest BCUT2D eigenvalue weighted by Gasteiger charge is -1.99. The molecule has 2 rings (SSSR count). The average Bonchev–Trinajstić information content (AvgIpc) is 2.72. The Morgan fingerprint density at radius 3 is 3.00 bits per heavy atom. The Bertz CT molecular complexity index is 580. The second-order valence-corrected chi connectivity index (χ2v) is 4.78. The largest absolute Gasteiger partial charge is 0.461 e. The van der Waals surface area contributed by atoms with Crippen LogP contribution in [0.1, 0.15) is 22.3 Å². The number of hydrogen-bond acceptors (Lipinski definition) is 6. The number of anilines is 1. The Labute approximate surface area is 109 Å². The summed E-state index contributed by atoms with van der Waals surface area (Å²) in [4.78, 5) is 20.8. The number of nitrogens with two attached hydrogens (primary N) is 1. The molecule has 0 radical (unpaired) electrons. The van der Waals surface area contributed by atoms with Crippen molar-refractivity contribution in [3.05, 3.63) is 28.9 Å². The van der Waals surface area contributed by atoms with E-state index in [0.29, 0.717) is 23.1 Å². The van der Waals surface area contributed by atoms with Crippen LogP contribution in [-0.2, 0) is 4.74 Å². The Balaban J connectivity index is 2.41. The van der Waals surface area contributed by atoms with Crippen molar-refractivity contribution in [2.45, 2.75) is 13.8 Å². The highest BCUT2D eigenvalue weighted by Gasteiger charge is 2.18. The zero-order chi connectivity index (χ0) is 13.1. The first kappa shape index (κ1) is 12.5. The number of nitrogen functional groups attached to an aromatic ring is 1. The van der Waals surface area contributed by atoms with Gasteiger partial charge < -0.3 is 10.5 Å². The first-order valence-corrected chi connectivity index (χ1v) is 6.30. The fourth-order valence-electron chi connectivity index (χ4n) is 1.50.